The molecule has 0 aliphatic heterocycles. The molecule has 5 aliphatic rings. The van der Waals surface area contributed by atoms with Crippen LogP contribution >= 0.6 is 0 Å². The Labute approximate surface area is 202 Å². The van der Waals surface area contributed by atoms with E-state index < -0.39 is 0 Å². The average molecular weight is 457 g/mol. The van der Waals surface area contributed by atoms with Crippen molar-refractivity contribution < 1.29 is 14.6 Å². The molecule has 1 N–H and O–H groups in total. The van der Waals surface area contributed by atoms with Gasteiger partial charge in [-0.3, -0.25) is 4.79 Å². The number of hydrogen-bond donors (Lipinski definition) is 1. The van der Waals surface area contributed by atoms with Crippen molar-refractivity contribution in [2.24, 2.45) is 44.8 Å². The Morgan fingerprint density at radius 1 is 0.879 bits per heavy atom. The second-order valence-electron chi connectivity index (χ2n) is 14.6. The molecule has 0 aromatic carbocycles. The number of rotatable bonds is 1. The lowest BCUT2D eigenvalue weighted by Crippen LogP contribution is -2.60. The maximum atomic E-state index is 13.2. The topological polar surface area (TPSA) is 46.5 Å². The number of aliphatic hydroxyl groups excluding tert-OH is 1. The molecule has 0 radical (unpaired) electrons. The summed E-state index contributed by atoms with van der Waals surface area (Å²) in [6.45, 7) is 14.6. The first-order valence-electron chi connectivity index (χ1n) is 13.8. The molecule has 186 valence electrons. The molecule has 3 heteroatoms. The predicted molar refractivity (Wildman–Crippen MR) is 133 cm³/mol. The summed E-state index contributed by atoms with van der Waals surface area (Å²) in [5, 5.41) is 10.9. The Morgan fingerprint density at radius 3 is 2.30 bits per heavy atom. The third-order valence-electron chi connectivity index (χ3n) is 12.3. The van der Waals surface area contributed by atoms with E-state index in [1.54, 1.807) is 18.3 Å². The van der Waals surface area contributed by atoms with Crippen molar-refractivity contribution in [3.8, 4) is 0 Å². The molecule has 3 nitrogen and oxygen atoms in total. The molecule has 0 aromatic heterocycles. The van der Waals surface area contributed by atoms with Crippen molar-refractivity contribution >= 4 is 5.97 Å². The third kappa shape index (κ3) is 3.12. The minimum absolute atomic E-state index is 0.00296. The van der Waals surface area contributed by atoms with Gasteiger partial charge in [0.1, 0.15) is 0 Å². The van der Waals surface area contributed by atoms with Crippen LogP contribution in [-0.4, -0.2) is 24.3 Å². The zero-order valence-corrected chi connectivity index (χ0v) is 22.4. The summed E-state index contributed by atoms with van der Waals surface area (Å²) in [4.78, 5) is 13.2. The number of methoxy groups -OCH3 is 1. The van der Waals surface area contributed by atoms with Crippen molar-refractivity contribution in [1.82, 2.24) is 0 Å². The van der Waals surface area contributed by atoms with Gasteiger partial charge >= 0.3 is 5.97 Å². The highest BCUT2D eigenvalue weighted by molar-refractivity contribution is 5.78. The van der Waals surface area contributed by atoms with E-state index in [2.05, 4.69) is 41.5 Å². The van der Waals surface area contributed by atoms with Gasteiger partial charge in [-0.15, -0.1) is 0 Å². The van der Waals surface area contributed by atoms with Crippen LogP contribution in [0.5, 0.6) is 0 Å². The Kier molecular flexibility index (Phi) is 5.31. The molecule has 5 aliphatic carbocycles. The molecule has 33 heavy (non-hydrogen) atoms. The first kappa shape index (κ1) is 23.9. The molecule has 0 aromatic rings. The van der Waals surface area contributed by atoms with Crippen molar-refractivity contribution in [2.75, 3.05) is 7.11 Å². The van der Waals surface area contributed by atoms with E-state index in [4.69, 9.17) is 4.74 Å². The number of aliphatic hydroxyl groups is 1. The number of carbonyl (C=O) groups is 1. The van der Waals surface area contributed by atoms with Crippen molar-refractivity contribution in [3.63, 3.8) is 0 Å². The molecule has 0 saturated heterocycles. The summed E-state index contributed by atoms with van der Waals surface area (Å²) in [5.74, 6) is 1.71. The highest BCUT2D eigenvalue weighted by atomic mass is 16.5. The number of allylic oxidation sites excluding steroid dienone is 2. The predicted octanol–water partition coefficient (Wildman–Crippen LogP) is 7.08. The Bertz CT molecular complexity index is 868. The van der Waals surface area contributed by atoms with Gasteiger partial charge in [-0.25, -0.2) is 0 Å². The van der Waals surface area contributed by atoms with Crippen LogP contribution in [0.4, 0.5) is 0 Å². The lowest BCUT2D eigenvalue weighted by Gasteiger charge is -2.66. The first-order chi connectivity index (χ1) is 15.3. The monoisotopic (exact) mass is 456 g/mol. The molecule has 3 saturated carbocycles. The Hall–Kier alpha value is -0.830. The van der Waals surface area contributed by atoms with E-state index >= 15 is 0 Å². The number of hydrogen-bond acceptors (Lipinski definition) is 3. The minimum Gasteiger partial charge on any atom is -0.469 e. The first-order valence-corrected chi connectivity index (χ1v) is 13.8. The molecular formula is C30H48O3. The van der Waals surface area contributed by atoms with Crippen molar-refractivity contribution in [3.05, 3.63) is 11.1 Å². The van der Waals surface area contributed by atoms with Gasteiger partial charge in [-0.2, -0.15) is 0 Å². The number of esters is 1. The van der Waals surface area contributed by atoms with E-state index in [1.807, 2.05) is 0 Å². The SMILES string of the molecule is COC(=O)[C@@]12CCC3=C(CCC4[C@@]5(C)CCC(O)C(C)(C)C5CC[C@@]34C)C1CC(C)(C)CC2. The highest BCUT2D eigenvalue weighted by Crippen LogP contribution is 2.71. The van der Waals surface area contributed by atoms with Crippen LogP contribution in [0, 0.1) is 44.8 Å². The highest BCUT2D eigenvalue weighted by Gasteiger charge is 2.64. The lowest BCUT2D eigenvalue weighted by atomic mass is 9.38. The van der Waals surface area contributed by atoms with Gasteiger partial charge < -0.3 is 9.84 Å². The number of ether oxygens (including phenoxy) is 1. The van der Waals surface area contributed by atoms with Crippen LogP contribution < -0.4 is 0 Å². The van der Waals surface area contributed by atoms with Crippen LogP contribution in [0.15, 0.2) is 11.1 Å². The maximum absolute atomic E-state index is 13.2. The summed E-state index contributed by atoms with van der Waals surface area (Å²) in [6.07, 6.45) is 12.1. The largest absolute Gasteiger partial charge is 0.469 e. The molecule has 0 bridgehead atoms. The van der Waals surface area contributed by atoms with Gasteiger partial charge in [0.05, 0.1) is 18.6 Å². The fraction of sp³-hybridized carbons (Fsp3) is 0.900. The van der Waals surface area contributed by atoms with Crippen LogP contribution in [0.2, 0.25) is 0 Å². The number of fused-ring (bicyclic) bond motifs is 6. The van der Waals surface area contributed by atoms with Gasteiger partial charge in [0.25, 0.3) is 0 Å². The van der Waals surface area contributed by atoms with Crippen LogP contribution in [0.1, 0.15) is 112 Å². The molecule has 7 atom stereocenters. The molecular weight excluding hydrogens is 408 g/mol. The second kappa shape index (κ2) is 7.34. The van der Waals surface area contributed by atoms with Gasteiger partial charge in [-0.05, 0) is 110 Å². The summed E-state index contributed by atoms with van der Waals surface area (Å²) < 4.78 is 5.46. The van der Waals surface area contributed by atoms with E-state index in [0.717, 1.165) is 44.9 Å². The normalized spacial score (nSPS) is 48.1. The maximum Gasteiger partial charge on any atom is 0.312 e. The van der Waals surface area contributed by atoms with Crippen LogP contribution in [0.3, 0.4) is 0 Å². The van der Waals surface area contributed by atoms with Gasteiger partial charge in [0, 0.05) is 0 Å². The molecule has 0 spiro atoms. The number of carbonyl (C=O) groups excluding carboxylic acids is 1. The zero-order valence-electron chi connectivity index (χ0n) is 22.4. The van der Waals surface area contributed by atoms with Crippen LogP contribution in [0.25, 0.3) is 0 Å². The average Bonchev–Trinajstić information content (AvgIpc) is 2.75. The summed E-state index contributed by atoms with van der Waals surface area (Å²) in [5.41, 5.74) is 3.97. The molecule has 5 rings (SSSR count). The van der Waals surface area contributed by atoms with Gasteiger partial charge in [-0.1, -0.05) is 52.7 Å². The zero-order chi connectivity index (χ0) is 24.0. The van der Waals surface area contributed by atoms with Crippen molar-refractivity contribution in [1.29, 1.82) is 0 Å². The molecule has 0 heterocycles. The summed E-state index contributed by atoms with van der Waals surface area (Å²) >= 11 is 0. The summed E-state index contributed by atoms with van der Waals surface area (Å²) in [6, 6.07) is 0. The Balaban J connectivity index is 1.57. The second-order valence-corrected chi connectivity index (χ2v) is 14.6. The Morgan fingerprint density at radius 2 is 1.61 bits per heavy atom. The smallest absolute Gasteiger partial charge is 0.312 e. The summed E-state index contributed by atoms with van der Waals surface area (Å²) in [7, 11) is 1.59. The third-order valence-corrected chi connectivity index (χ3v) is 12.3. The molecule has 0 amide bonds. The molecule has 4 unspecified atom stereocenters. The van der Waals surface area contributed by atoms with Crippen molar-refractivity contribution in [2.45, 2.75) is 118 Å². The fourth-order valence-corrected chi connectivity index (χ4v) is 10.4. The fourth-order valence-electron chi connectivity index (χ4n) is 10.4. The van der Waals surface area contributed by atoms with E-state index in [1.165, 1.54) is 25.7 Å². The van der Waals surface area contributed by atoms with Gasteiger partial charge in [0.15, 0.2) is 0 Å². The van der Waals surface area contributed by atoms with Crippen LogP contribution in [-0.2, 0) is 9.53 Å². The minimum atomic E-state index is -0.287. The lowest BCUT2D eigenvalue weighted by molar-refractivity contribution is -0.172. The molecule has 3 fully saturated rings. The standard InChI is InChI=1S/C30H48O3/c1-26(2)16-17-30(25(32)33-7)15-10-20-19(21(30)18-26)8-9-23-28(20,5)13-11-22-27(3,4)24(31)12-14-29(22,23)6/h21-24,31H,8-18H2,1-7H3/t21?,22?,23?,24?,28-,29-,30+/m0/s1. The van der Waals surface area contributed by atoms with E-state index in [0.29, 0.717) is 28.6 Å². The van der Waals surface area contributed by atoms with E-state index in [9.17, 15) is 9.90 Å². The van der Waals surface area contributed by atoms with Gasteiger partial charge in [0.2, 0.25) is 0 Å². The van der Waals surface area contributed by atoms with E-state index in [-0.39, 0.29) is 28.3 Å². The quantitative estimate of drug-likeness (QED) is 0.339.